The lowest BCUT2D eigenvalue weighted by Crippen LogP contribution is -2.49. The molecule has 5 nitrogen and oxygen atoms in total. The fourth-order valence-electron chi connectivity index (χ4n) is 4.18. The largest absolute Gasteiger partial charge is 0.335 e. The highest BCUT2D eigenvalue weighted by molar-refractivity contribution is 5.97. The summed E-state index contributed by atoms with van der Waals surface area (Å²) in [6.07, 6.45) is 9.12. The van der Waals surface area contributed by atoms with E-state index in [-0.39, 0.29) is 5.91 Å². The Balaban J connectivity index is 1.65. The maximum Gasteiger partial charge on any atom is 0.255 e. The molecule has 0 spiro atoms. The van der Waals surface area contributed by atoms with Crippen LogP contribution in [-0.4, -0.2) is 38.6 Å². The van der Waals surface area contributed by atoms with Crippen molar-refractivity contribution in [3.63, 3.8) is 0 Å². The van der Waals surface area contributed by atoms with Crippen molar-refractivity contribution in [2.45, 2.75) is 51.5 Å². The topological polar surface area (TPSA) is 61.9 Å². The van der Waals surface area contributed by atoms with Crippen LogP contribution in [0.5, 0.6) is 0 Å². The van der Waals surface area contributed by atoms with Crippen LogP contribution in [0.15, 0.2) is 12.3 Å². The zero-order valence-electron chi connectivity index (χ0n) is 13.0. The molecule has 1 saturated carbocycles. The van der Waals surface area contributed by atoms with Crippen LogP contribution >= 0.6 is 0 Å². The van der Waals surface area contributed by atoms with E-state index < -0.39 is 0 Å². The number of amides is 1. The number of hydrogen-bond acceptors (Lipinski definition) is 3. The van der Waals surface area contributed by atoms with E-state index in [4.69, 9.17) is 0 Å². The fourth-order valence-corrected chi connectivity index (χ4v) is 4.18. The predicted molar refractivity (Wildman–Crippen MR) is 84.6 cm³/mol. The summed E-state index contributed by atoms with van der Waals surface area (Å²) in [6.45, 7) is 2.85. The Hall–Kier alpha value is -1.91. The summed E-state index contributed by atoms with van der Waals surface area (Å²) >= 11 is 0. The van der Waals surface area contributed by atoms with E-state index in [1.165, 1.54) is 25.7 Å². The van der Waals surface area contributed by atoms with Crippen LogP contribution in [0.2, 0.25) is 0 Å². The monoisotopic (exact) mass is 298 g/mol. The molecule has 2 aromatic heterocycles. The van der Waals surface area contributed by atoms with E-state index in [9.17, 15) is 4.79 Å². The third-order valence-corrected chi connectivity index (χ3v) is 5.35. The molecule has 0 bridgehead atoms. The number of likely N-dealkylation sites (tertiary alicyclic amines) is 1. The van der Waals surface area contributed by atoms with Crippen molar-refractivity contribution < 1.29 is 4.79 Å². The van der Waals surface area contributed by atoms with Crippen molar-refractivity contribution in [3.05, 3.63) is 23.5 Å². The van der Waals surface area contributed by atoms with E-state index in [1.54, 1.807) is 6.20 Å². The average Bonchev–Trinajstić information content (AvgIpc) is 2.94. The highest BCUT2D eigenvalue weighted by atomic mass is 16.2. The van der Waals surface area contributed by atoms with Gasteiger partial charge in [-0.3, -0.25) is 9.89 Å². The second kappa shape index (κ2) is 5.38. The third-order valence-electron chi connectivity index (χ3n) is 5.35. The standard InChI is InChI=1S/C17H22N4O/c1-11-14-9-13(10-18-16(14)20-19-11)17(22)21-8-4-6-12-5-2-3-7-15(12)21/h9-10,12,15H,2-8H2,1H3,(H,18,19,20)/t12-,15-/m1/s1. The summed E-state index contributed by atoms with van der Waals surface area (Å²) in [5, 5.41) is 8.01. The highest BCUT2D eigenvalue weighted by Crippen LogP contribution is 2.36. The predicted octanol–water partition coefficient (Wildman–Crippen LogP) is 3.06. The van der Waals surface area contributed by atoms with Gasteiger partial charge >= 0.3 is 0 Å². The van der Waals surface area contributed by atoms with Crippen LogP contribution < -0.4 is 0 Å². The summed E-state index contributed by atoms with van der Waals surface area (Å²) in [7, 11) is 0. The molecule has 1 amide bonds. The minimum Gasteiger partial charge on any atom is -0.335 e. The Morgan fingerprint density at radius 2 is 2.09 bits per heavy atom. The average molecular weight is 298 g/mol. The van der Waals surface area contributed by atoms with Gasteiger partial charge in [0.05, 0.1) is 5.56 Å². The van der Waals surface area contributed by atoms with E-state index in [1.807, 2.05) is 13.0 Å². The zero-order valence-corrected chi connectivity index (χ0v) is 13.0. The lowest BCUT2D eigenvalue weighted by Gasteiger charge is -2.44. The van der Waals surface area contributed by atoms with Gasteiger partial charge in [0.2, 0.25) is 0 Å². The molecule has 1 saturated heterocycles. The number of aromatic amines is 1. The highest BCUT2D eigenvalue weighted by Gasteiger charge is 2.36. The molecule has 1 aliphatic carbocycles. The number of aromatic nitrogens is 3. The quantitative estimate of drug-likeness (QED) is 0.880. The number of hydrogen-bond donors (Lipinski definition) is 1. The number of pyridine rings is 1. The summed E-state index contributed by atoms with van der Waals surface area (Å²) in [5.74, 6) is 0.852. The number of nitrogens with zero attached hydrogens (tertiary/aromatic N) is 3. The molecule has 4 rings (SSSR count). The van der Waals surface area contributed by atoms with Crippen molar-refractivity contribution in [2.75, 3.05) is 6.54 Å². The molecule has 1 aliphatic heterocycles. The Bertz CT molecular complexity index is 706. The number of piperidine rings is 1. The van der Waals surface area contributed by atoms with Crippen molar-refractivity contribution in [1.29, 1.82) is 0 Å². The molecule has 0 aromatic carbocycles. The molecular formula is C17H22N4O. The maximum atomic E-state index is 13.0. The number of nitrogens with one attached hydrogen (secondary N) is 1. The molecule has 22 heavy (non-hydrogen) atoms. The summed E-state index contributed by atoms with van der Waals surface area (Å²) < 4.78 is 0. The zero-order chi connectivity index (χ0) is 15.1. The molecule has 3 heterocycles. The minimum absolute atomic E-state index is 0.145. The fraction of sp³-hybridized carbons (Fsp3) is 0.588. The van der Waals surface area contributed by atoms with Crippen molar-refractivity contribution in [3.8, 4) is 0 Å². The molecule has 1 N–H and O–H groups in total. The summed E-state index contributed by atoms with van der Waals surface area (Å²) in [4.78, 5) is 19.4. The van der Waals surface area contributed by atoms with Gasteiger partial charge in [-0.2, -0.15) is 5.10 Å². The molecule has 2 aliphatic rings. The Kier molecular flexibility index (Phi) is 3.36. The molecule has 2 aromatic rings. The van der Waals surface area contributed by atoms with Crippen LogP contribution in [0.4, 0.5) is 0 Å². The summed E-state index contributed by atoms with van der Waals surface area (Å²) in [6, 6.07) is 2.38. The van der Waals surface area contributed by atoms with E-state index in [0.29, 0.717) is 23.2 Å². The SMILES string of the molecule is Cc1[nH]nc2ncc(C(=O)N3CCC[C@H]4CCCC[C@H]43)cc12. The van der Waals surface area contributed by atoms with Gasteiger partial charge in [0.1, 0.15) is 0 Å². The van der Waals surface area contributed by atoms with Gasteiger partial charge in [0.25, 0.3) is 5.91 Å². The second-order valence-electron chi connectivity index (χ2n) is 6.70. The molecule has 0 unspecified atom stereocenters. The van der Waals surface area contributed by atoms with Crippen LogP contribution in [0, 0.1) is 12.8 Å². The number of carbonyl (C=O) groups excluding carboxylic acids is 1. The first-order chi connectivity index (χ1) is 10.7. The van der Waals surface area contributed by atoms with Crippen LogP contribution in [0.3, 0.4) is 0 Å². The molecular weight excluding hydrogens is 276 g/mol. The van der Waals surface area contributed by atoms with Crippen LogP contribution in [0.25, 0.3) is 11.0 Å². The second-order valence-corrected chi connectivity index (χ2v) is 6.70. The van der Waals surface area contributed by atoms with Gasteiger partial charge < -0.3 is 4.90 Å². The number of fused-ring (bicyclic) bond motifs is 2. The Morgan fingerprint density at radius 1 is 1.27 bits per heavy atom. The number of rotatable bonds is 1. The minimum atomic E-state index is 0.145. The van der Waals surface area contributed by atoms with E-state index in [0.717, 1.165) is 30.5 Å². The van der Waals surface area contributed by atoms with E-state index >= 15 is 0 Å². The smallest absolute Gasteiger partial charge is 0.255 e. The number of aryl methyl sites for hydroxylation is 1. The van der Waals surface area contributed by atoms with E-state index in [2.05, 4.69) is 20.1 Å². The number of carbonyl (C=O) groups is 1. The molecule has 2 atom stereocenters. The van der Waals surface area contributed by atoms with Gasteiger partial charge in [0, 0.05) is 29.9 Å². The first-order valence-electron chi connectivity index (χ1n) is 8.36. The van der Waals surface area contributed by atoms with Gasteiger partial charge in [-0.25, -0.2) is 4.98 Å². The van der Waals surface area contributed by atoms with Gasteiger partial charge in [-0.05, 0) is 44.6 Å². The first-order valence-corrected chi connectivity index (χ1v) is 8.36. The van der Waals surface area contributed by atoms with Gasteiger partial charge in [-0.1, -0.05) is 12.8 Å². The molecule has 0 radical (unpaired) electrons. The van der Waals surface area contributed by atoms with Crippen molar-refractivity contribution in [2.24, 2.45) is 5.92 Å². The van der Waals surface area contributed by atoms with Crippen LogP contribution in [0.1, 0.15) is 54.6 Å². The Labute approximate surface area is 130 Å². The summed E-state index contributed by atoms with van der Waals surface area (Å²) in [5.41, 5.74) is 2.35. The normalized spacial score (nSPS) is 25.2. The first kappa shape index (κ1) is 13.7. The van der Waals surface area contributed by atoms with Gasteiger partial charge in [-0.15, -0.1) is 0 Å². The Morgan fingerprint density at radius 3 is 3.00 bits per heavy atom. The molecule has 2 fully saturated rings. The maximum absolute atomic E-state index is 13.0. The third kappa shape index (κ3) is 2.19. The van der Waals surface area contributed by atoms with Gasteiger partial charge in [0.15, 0.2) is 5.65 Å². The lowest BCUT2D eigenvalue weighted by atomic mass is 9.78. The lowest BCUT2D eigenvalue weighted by molar-refractivity contribution is 0.0390. The molecule has 5 heteroatoms. The van der Waals surface area contributed by atoms with Crippen molar-refractivity contribution in [1.82, 2.24) is 20.1 Å². The van der Waals surface area contributed by atoms with Crippen molar-refractivity contribution >= 4 is 16.9 Å². The molecule has 116 valence electrons. The number of H-pyrrole nitrogens is 1. The van der Waals surface area contributed by atoms with Crippen LogP contribution in [-0.2, 0) is 0 Å².